The Labute approximate surface area is 118 Å². The number of rotatable bonds is 3. The minimum Gasteiger partial charge on any atom is -0.456 e. The Kier molecular flexibility index (Phi) is 4.63. The molecule has 0 saturated carbocycles. The molecule has 0 saturated heterocycles. The Hall–Kier alpha value is -1.07. The quantitative estimate of drug-likeness (QED) is 0.636. The zero-order valence-electron chi connectivity index (χ0n) is 11.4. The third-order valence-corrected chi connectivity index (χ3v) is 3.71. The number of benzene rings is 1. The average Bonchev–Trinajstić information content (AvgIpc) is 2.24. The van der Waals surface area contributed by atoms with Crippen LogP contribution < -0.4 is 0 Å². The molecule has 19 heavy (non-hydrogen) atoms. The largest absolute Gasteiger partial charge is 0.456 e. The van der Waals surface area contributed by atoms with Crippen LogP contribution in [0, 0.1) is 0 Å². The number of carbonyl (C=O) groups is 1. The summed E-state index contributed by atoms with van der Waals surface area (Å²) in [6, 6.07) is 4.22. The van der Waals surface area contributed by atoms with Crippen molar-refractivity contribution in [1.29, 1.82) is 0 Å². The van der Waals surface area contributed by atoms with Crippen molar-refractivity contribution in [1.82, 2.24) is 0 Å². The summed E-state index contributed by atoms with van der Waals surface area (Å²) in [6.07, 6.45) is 0.594. The van der Waals surface area contributed by atoms with Crippen LogP contribution in [0.3, 0.4) is 0 Å². The van der Waals surface area contributed by atoms with E-state index in [-0.39, 0.29) is 10.5 Å². The third-order valence-electron chi connectivity index (χ3n) is 2.36. The monoisotopic (exact) mass is 304 g/mol. The maximum absolute atomic E-state index is 12.1. The second-order valence-electron chi connectivity index (χ2n) is 5.11. The maximum Gasteiger partial charge on any atom is 0.338 e. The number of hydrogen-bond donors (Lipinski definition) is 0. The molecule has 1 aromatic rings. The normalized spacial score (nSPS) is 12.3. The van der Waals surface area contributed by atoms with Crippen LogP contribution in [0.1, 0.15) is 43.6 Å². The summed E-state index contributed by atoms with van der Waals surface area (Å²) in [5.74, 6) is -0.550. The molecule has 0 atom stereocenters. The predicted octanol–water partition coefficient (Wildman–Crippen LogP) is 3.13. The number of carbonyl (C=O) groups excluding carboxylic acids is 1. The highest BCUT2D eigenvalue weighted by Crippen LogP contribution is 2.22. The molecule has 6 heteroatoms. The molecule has 0 aliphatic carbocycles. The van der Waals surface area contributed by atoms with Crippen LogP contribution in [0.15, 0.2) is 23.1 Å². The van der Waals surface area contributed by atoms with Gasteiger partial charge in [-0.1, -0.05) is 13.0 Å². The summed E-state index contributed by atoms with van der Waals surface area (Å²) in [6.45, 7) is 7.12. The van der Waals surface area contributed by atoms with Gasteiger partial charge in [0.15, 0.2) is 0 Å². The highest BCUT2D eigenvalue weighted by molar-refractivity contribution is 8.13. The average molecular weight is 305 g/mol. The highest BCUT2D eigenvalue weighted by Gasteiger charge is 2.22. The summed E-state index contributed by atoms with van der Waals surface area (Å²) in [7, 11) is 1.42. The van der Waals surface area contributed by atoms with E-state index in [0.29, 0.717) is 6.42 Å². The molecule has 106 valence electrons. The second kappa shape index (κ2) is 5.51. The van der Waals surface area contributed by atoms with Gasteiger partial charge in [0.25, 0.3) is 9.05 Å². The molecule has 0 radical (unpaired) electrons. The zero-order chi connectivity index (χ0) is 14.8. The van der Waals surface area contributed by atoms with E-state index in [1.807, 2.05) is 6.92 Å². The van der Waals surface area contributed by atoms with Crippen LogP contribution in [0.5, 0.6) is 0 Å². The van der Waals surface area contributed by atoms with E-state index in [1.54, 1.807) is 26.8 Å². The van der Waals surface area contributed by atoms with Gasteiger partial charge in [0.1, 0.15) is 5.60 Å². The van der Waals surface area contributed by atoms with E-state index < -0.39 is 20.6 Å². The lowest BCUT2D eigenvalue weighted by atomic mass is 10.1. The fourth-order valence-electron chi connectivity index (χ4n) is 1.54. The molecule has 0 N–H and O–H groups in total. The van der Waals surface area contributed by atoms with E-state index >= 15 is 0 Å². The zero-order valence-corrected chi connectivity index (χ0v) is 12.9. The van der Waals surface area contributed by atoms with E-state index in [1.165, 1.54) is 12.1 Å². The number of esters is 1. The number of aryl methyl sites for hydroxylation is 1. The van der Waals surface area contributed by atoms with Gasteiger partial charge in [-0.05, 0) is 44.9 Å². The van der Waals surface area contributed by atoms with Crippen molar-refractivity contribution in [3.63, 3.8) is 0 Å². The first-order valence-corrected chi connectivity index (χ1v) is 8.16. The molecule has 0 fully saturated rings. The standard InChI is InChI=1S/C13H17ClO4S/c1-5-9-6-7-10(19(14,16)17)8-11(9)12(15)18-13(2,3)4/h6-8H,5H2,1-4H3. The molecule has 1 rings (SSSR count). The third kappa shape index (κ3) is 4.51. The van der Waals surface area contributed by atoms with Crippen molar-refractivity contribution in [3.8, 4) is 0 Å². The molecule has 0 aromatic heterocycles. The van der Waals surface area contributed by atoms with Crippen molar-refractivity contribution in [2.24, 2.45) is 0 Å². The van der Waals surface area contributed by atoms with Crippen molar-refractivity contribution in [2.75, 3.05) is 0 Å². The van der Waals surface area contributed by atoms with Crippen molar-refractivity contribution in [2.45, 2.75) is 44.6 Å². The molecule has 0 aliphatic rings. The van der Waals surface area contributed by atoms with E-state index in [2.05, 4.69) is 0 Å². The molecular formula is C13H17ClO4S. The molecule has 0 unspecified atom stereocenters. The summed E-state index contributed by atoms with van der Waals surface area (Å²) < 4.78 is 27.9. The van der Waals surface area contributed by atoms with Gasteiger partial charge in [-0.2, -0.15) is 0 Å². The van der Waals surface area contributed by atoms with Gasteiger partial charge in [-0.15, -0.1) is 0 Å². The first-order valence-electron chi connectivity index (χ1n) is 5.85. The molecule has 0 aliphatic heterocycles. The van der Waals surface area contributed by atoms with Gasteiger partial charge in [0, 0.05) is 10.7 Å². The van der Waals surface area contributed by atoms with E-state index in [9.17, 15) is 13.2 Å². The first-order chi connectivity index (χ1) is 8.54. The van der Waals surface area contributed by atoms with E-state index in [0.717, 1.165) is 5.56 Å². The van der Waals surface area contributed by atoms with Crippen LogP contribution in [-0.4, -0.2) is 20.0 Å². The van der Waals surface area contributed by atoms with Gasteiger partial charge in [0.05, 0.1) is 10.5 Å². The fourth-order valence-corrected chi connectivity index (χ4v) is 2.32. The fraction of sp³-hybridized carbons (Fsp3) is 0.462. The van der Waals surface area contributed by atoms with Gasteiger partial charge >= 0.3 is 5.97 Å². The lowest BCUT2D eigenvalue weighted by molar-refractivity contribution is 0.00681. The summed E-state index contributed by atoms with van der Waals surface area (Å²) in [4.78, 5) is 12.0. The Morgan fingerprint density at radius 2 is 1.89 bits per heavy atom. The lowest BCUT2D eigenvalue weighted by Crippen LogP contribution is -2.24. The summed E-state index contributed by atoms with van der Waals surface area (Å²) in [5, 5.41) is 0. The molecule has 0 bridgehead atoms. The summed E-state index contributed by atoms with van der Waals surface area (Å²) >= 11 is 0. The van der Waals surface area contributed by atoms with E-state index in [4.69, 9.17) is 15.4 Å². The maximum atomic E-state index is 12.1. The predicted molar refractivity (Wildman–Crippen MR) is 74.0 cm³/mol. The number of halogens is 1. The first kappa shape index (κ1) is 16.0. The van der Waals surface area contributed by atoms with Crippen LogP contribution >= 0.6 is 10.7 Å². The number of hydrogen-bond acceptors (Lipinski definition) is 4. The molecular weight excluding hydrogens is 288 g/mol. The van der Waals surface area contributed by atoms with Gasteiger partial charge < -0.3 is 4.74 Å². The highest BCUT2D eigenvalue weighted by atomic mass is 35.7. The van der Waals surface area contributed by atoms with Crippen molar-refractivity contribution < 1.29 is 17.9 Å². The lowest BCUT2D eigenvalue weighted by Gasteiger charge is -2.20. The Morgan fingerprint density at radius 3 is 2.32 bits per heavy atom. The second-order valence-corrected chi connectivity index (χ2v) is 7.68. The molecule has 0 heterocycles. The topological polar surface area (TPSA) is 60.4 Å². The van der Waals surface area contributed by atoms with Crippen LogP contribution in [0.4, 0.5) is 0 Å². The summed E-state index contributed by atoms with van der Waals surface area (Å²) in [5.41, 5.74) is 0.315. The van der Waals surface area contributed by atoms with Crippen LogP contribution in [0.25, 0.3) is 0 Å². The number of ether oxygens (including phenoxy) is 1. The van der Waals surface area contributed by atoms with Crippen LogP contribution in [-0.2, 0) is 20.2 Å². The Morgan fingerprint density at radius 1 is 1.32 bits per heavy atom. The molecule has 0 amide bonds. The van der Waals surface area contributed by atoms with Gasteiger partial charge in [-0.3, -0.25) is 0 Å². The molecule has 1 aromatic carbocycles. The Balaban J connectivity index is 3.28. The van der Waals surface area contributed by atoms with Crippen LogP contribution in [0.2, 0.25) is 0 Å². The smallest absolute Gasteiger partial charge is 0.338 e. The van der Waals surface area contributed by atoms with Gasteiger partial charge in [0.2, 0.25) is 0 Å². The molecule has 4 nitrogen and oxygen atoms in total. The van der Waals surface area contributed by atoms with Gasteiger partial charge in [-0.25, -0.2) is 13.2 Å². The SMILES string of the molecule is CCc1ccc(S(=O)(=O)Cl)cc1C(=O)OC(C)(C)C. The molecule has 0 spiro atoms. The Bertz CT molecular complexity index is 585. The minimum absolute atomic E-state index is 0.104. The minimum atomic E-state index is -3.86. The van der Waals surface area contributed by atoms with Crippen molar-refractivity contribution in [3.05, 3.63) is 29.3 Å². The van der Waals surface area contributed by atoms with Crippen molar-refractivity contribution >= 4 is 25.7 Å².